The van der Waals surface area contributed by atoms with Crippen LogP contribution in [0.3, 0.4) is 0 Å². The topological polar surface area (TPSA) is 49.9 Å². The molecular formula is C15H17BrN2O3. The summed E-state index contributed by atoms with van der Waals surface area (Å²) in [5.41, 5.74) is 0.639. The molecule has 1 aromatic rings. The van der Waals surface area contributed by atoms with Crippen molar-refractivity contribution in [1.29, 1.82) is 0 Å². The summed E-state index contributed by atoms with van der Waals surface area (Å²) in [6, 6.07) is 7.34. The Morgan fingerprint density at radius 3 is 2.43 bits per heavy atom. The van der Waals surface area contributed by atoms with E-state index in [1.54, 1.807) is 15.9 Å². The zero-order valence-electron chi connectivity index (χ0n) is 11.6. The molecule has 5 nitrogen and oxygen atoms in total. The molecule has 0 N–H and O–H groups in total. The Balaban J connectivity index is 1.92. The van der Waals surface area contributed by atoms with Crippen molar-refractivity contribution in [2.24, 2.45) is 0 Å². The molecule has 1 aromatic carbocycles. The minimum absolute atomic E-state index is 0.0263. The number of carbonyl (C=O) groups is 2. The molecule has 0 unspecified atom stereocenters. The van der Waals surface area contributed by atoms with Gasteiger partial charge in [0.2, 0.25) is 0 Å². The summed E-state index contributed by atoms with van der Waals surface area (Å²) in [5.74, 6) is -0.0263. The number of amides is 2. The van der Waals surface area contributed by atoms with Crippen LogP contribution in [0.15, 0.2) is 41.4 Å². The first-order chi connectivity index (χ1) is 10.1. The zero-order valence-corrected chi connectivity index (χ0v) is 13.2. The molecule has 0 radical (unpaired) electrons. The molecule has 1 saturated heterocycles. The maximum Gasteiger partial charge on any atom is 0.410 e. The average molecular weight is 353 g/mol. The van der Waals surface area contributed by atoms with Gasteiger partial charge in [-0.2, -0.15) is 0 Å². The Bertz CT molecular complexity index is 539. The van der Waals surface area contributed by atoms with Gasteiger partial charge in [-0.15, -0.1) is 0 Å². The van der Waals surface area contributed by atoms with Gasteiger partial charge >= 0.3 is 6.09 Å². The van der Waals surface area contributed by atoms with Crippen molar-refractivity contribution in [3.8, 4) is 0 Å². The third-order valence-corrected chi connectivity index (χ3v) is 3.95. The van der Waals surface area contributed by atoms with E-state index < -0.39 is 0 Å². The summed E-state index contributed by atoms with van der Waals surface area (Å²) >= 11 is 3.39. The predicted molar refractivity (Wildman–Crippen MR) is 83.2 cm³/mol. The van der Waals surface area contributed by atoms with Crippen LogP contribution in [0, 0.1) is 0 Å². The van der Waals surface area contributed by atoms with Crippen LogP contribution in [0.4, 0.5) is 4.79 Å². The molecular weight excluding hydrogens is 336 g/mol. The second kappa shape index (κ2) is 7.26. The van der Waals surface area contributed by atoms with Gasteiger partial charge in [-0.05, 0) is 28.1 Å². The summed E-state index contributed by atoms with van der Waals surface area (Å²) in [4.78, 5) is 27.5. The van der Waals surface area contributed by atoms with E-state index in [2.05, 4.69) is 22.5 Å². The summed E-state index contributed by atoms with van der Waals surface area (Å²) in [6.45, 7) is 5.67. The molecule has 0 aliphatic carbocycles. The fourth-order valence-electron chi connectivity index (χ4n) is 2.12. The van der Waals surface area contributed by atoms with Crippen molar-refractivity contribution < 1.29 is 14.3 Å². The van der Waals surface area contributed by atoms with E-state index in [-0.39, 0.29) is 18.6 Å². The lowest BCUT2D eigenvalue weighted by Gasteiger charge is -2.34. The number of halogens is 1. The van der Waals surface area contributed by atoms with Gasteiger partial charge in [0.15, 0.2) is 0 Å². The van der Waals surface area contributed by atoms with Gasteiger partial charge in [0, 0.05) is 30.7 Å². The highest BCUT2D eigenvalue weighted by atomic mass is 79.9. The number of benzene rings is 1. The molecule has 1 fully saturated rings. The molecule has 2 amide bonds. The lowest BCUT2D eigenvalue weighted by atomic mass is 10.2. The van der Waals surface area contributed by atoms with Crippen LogP contribution in [-0.4, -0.2) is 54.6 Å². The van der Waals surface area contributed by atoms with Crippen LogP contribution in [0.2, 0.25) is 0 Å². The van der Waals surface area contributed by atoms with Gasteiger partial charge < -0.3 is 14.5 Å². The largest absolute Gasteiger partial charge is 0.445 e. The maximum absolute atomic E-state index is 12.4. The Morgan fingerprint density at radius 1 is 1.19 bits per heavy atom. The highest BCUT2D eigenvalue weighted by Crippen LogP contribution is 2.18. The van der Waals surface area contributed by atoms with E-state index in [9.17, 15) is 9.59 Å². The van der Waals surface area contributed by atoms with Crippen LogP contribution in [0.25, 0.3) is 0 Å². The summed E-state index contributed by atoms with van der Waals surface area (Å²) in [7, 11) is 0. The van der Waals surface area contributed by atoms with E-state index in [1.807, 2.05) is 18.2 Å². The van der Waals surface area contributed by atoms with Gasteiger partial charge in [0.1, 0.15) is 6.61 Å². The number of carbonyl (C=O) groups excluding carboxylic acids is 2. The van der Waals surface area contributed by atoms with E-state index in [0.717, 1.165) is 4.47 Å². The standard InChI is InChI=1S/C15H17BrN2O3/c1-2-11-21-15(20)18-9-7-17(8-10-18)14(19)12-5-3-4-6-13(12)16/h2-6H,1,7-11H2. The number of hydrogen-bond acceptors (Lipinski definition) is 3. The smallest absolute Gasteiger partial charge is 0.410 e. The third kappa shape index (κ3) is 3.85. The molecule has 21 heavy (non-hydrogen) atoms. The summed E-state index contributed by atoms with van der Waals surface area (Å²) in [5, 5.41) is 0. The third-order valence-electron chi connectivity index (χ3n) is 3.25. The SMILES string of the molecule is C=CCOC(=O)N1CCN(C(=O)c2ccccc2Br)CC1. The predicted octanol–water partition coefficient (Wildman–Crippen LogP) is 2.53. The fourth-order valence-corrected chi connectivity index (χ4v) is 2.57. The van der Waals surface area contributed by atoms with Crippen molar-refractivity contribution in [3.63, 3.8) is 0 Å². The maximum atomic E-state index is 12.4. The molecule has 0 spiro atoms. The van der Waals surface area contributed by atoms with Gasteiger partial charge in [0.05, 0.1) is 5.56 Å². The number of ether oxygens (including phenoxy) is 1. The van der Waals surface area contributed by atoms with E-state index in [0.29, 0.717) is 31.7 Å². The Kier molecular flexibility index (Phi) is 5.38. The Morgan fingerprint density at radius 2 is 1.81 bits per heavy atom. The van der Waals surface area contributed by atoms with Crippen LogP contribution in [0.1, 0.15) is 10.4 Å². The first-order valence-electron chi connectivity index (χ1n) is 6.70. The first kappa shape index (κ1) is 15.6. The molecule has 0 bridgehead atoms. The molecule has 1 heterocycles. The monoisotopic (exact) mass is 352 g/mol. The number of nitrogens with zero attached hydrogens (tertiary/aromatic N) is 2. The molecule has 112 valence electrons. The first-order valence-corrected chi connectivity index (χ1v) is 7.49. The number of piperazine rings is 1. The molecule has 6 heteroatoms. The zero-order chi connectivity index (χ0) is 15.2. The van der Waals surface area contributed by atoms with Crippen molar-refractivity contribution in [1.82, 2.24) is 9.80 Å². The molecule has 0 saturated carbocycles. The minimum atomic E-state index is -0.358. The van der Waals surface area contributed by atoms with Gasteiger partial charge in [-0.1, -0.05) is 24.8 Å². The van der Waals surface area contributed by atoms with E-state index >= 15 is 0 Å². The Hall–Kier alpha value is -1.82. The lowest BCUT2D eigenvalue weighted by molar-refractivity contribution is 0.0580. The average Bonchev–Trinajstić information content (AvgIpc) is 2.52. The fraction of sp³-hybridized carbons (Fsp3) is 0.333. The van der Waals surface area contributed by atoms with Crippen molar-refractivity contribution >= 4 is 27.9 Å². The van der Waals surface area contributed by atoms with Crippen LogP contribution in [0.5, 0.6) is 0 Å². The summed E-state index contributed by atoms with van der Waals surface area (Å²) in [6.07, 6.45) is 1.17. The van der Waals surface area contributed by atoms with Crippen molar-refractivity contribution in [2.75, 3.05) is 32.8 Å². The van der Waals surface area contributed by atoms with E-state index in [4.69, 9.17) is 4.74 Å². The van der Waals surface area contributed by atoms with E-state index in [1.165, 1.54) is 6.08 Å². The highest BCUT2D eigenvalue weighted by molar-refractivity contribution is 9.10. The van der Waals surface area contributed by atoms with Crippen LogP contribution in [-0.2, 0) is 4.74 Å². The van der Waals surface area contributed by atoms with Crippen LogP contribution >= 0.6 is 15.9 Å². The molecule has 1 aliphatic rings. The van der Waals surface area contributed by atoms with Crippen LogP contribution < -0.4 is 0 Å². The summed E-state index contributed by atoms with van der Waals surface area (Å²) < 4.78 is 5.77. The molecule has 0 aromatic heterocycles. The normalized spacial score (nSPS) is 14.7. The van der Waals surface area contributed by atoms with Crippen molar-refractivity contribution in [2.45, 2.75) is 0 Å². The van der Waals surface area contributed by atoms with Gasteiger partial charge in [-0.3, -0.25) is 4.79 Å². The minimum Gasteiger partial charge on any atom is -0.445 e. The quantitative estimate of drug-likeness (QED) is 0.785. The van der Waals surface area contributed by atoms with Gasteiger partial charge in [-0.25, -0.2) is 4.79 Å². The Labute approximate surface area is 132 Å². The van der Waals surface area contributed by atoms with Crippen molar-refractivity contribution in [3.05, 3.63) is 47.0 Å². The number of hydrogen-bond donors (Lipinski definition) is 0. The number of rotatable bonds is 3. The molecule has 2 rings (SSSR count). The lowest BCUT2D eigenvalue weighted by Crippen LogP contribution is -2.50. The molecule has 1 aliphatic heterocycles. The highest BCUT2D eigenvalue weighted by Gasteiger charge is 2.26. The second-order valence-corrected chi connectivity index (χ2v) is 5.48. The second-order valence-electron chi connectivity index (χ2n) is 4.62. The molecule has 0 atom stereocenters. The van der Waals surface area contributed by atoms with Gasteiger partial charge in [0.25, 0.3) is 5.91 Å².